The van der Waals surface area contributed by atoms with Gasteiger partial charge in [-0.2, -0.15) is 0 Å². The fourth-order valence-corrected chi connectivity index (χ4v) is 3.30. The van der Waals surface area contributed by atoms with Crippen molar-refractivity contribution < 1.29 is 0 Å². The quantitative estimate of drug-likeness (QED) is 0.388. The first kappa shape index (κ1) is 17.2. The van der Waals surface area contributed by atoms with E-state index in [-0.39, 0.29) is 0 Å². The molecule has 132 valence electrons. The maximum absolute atomic E-state index is 5.08. The van der Waals surface area contributed by atoms with E-state index in [0.29, 0.717) is 0 Å². The van der Waals surface area contributed by atoms with Gasteiger partial charge in [0.15, 0.2) is 0 Å². The molecule has 0 amide bonds. The highest BCUT2D eigenvalue weighted by atomic mass is 14.7. The summed E-state index contributed by atoms with van der Waals surface area (Å²) in [6.07, 6.45) is 0. The first-order valence-electron chi connectivity index (χ1n) is 9.33. The van der Waals surface area contributed by atoms with E-state index < -0.39 is 0 Å². The lowest BCUT2D eigenvalue weighted by atomic mass is 9.96. The zero-order valence-corrected chi connectivity index (χ0v) is 16.0. The molecule has 0 unspecified atom stereocenters. The summed E-state index contributed by atoms with van der Waals surface area (Å²) < 4.78 is 0. The molecule has 0 bridgehead atoms. The molecule has 0 aliphatic rings. The average molecular weight is 349 g/mol. The third kappa shape index (κ3) is 3.54. The Hall–Kier alpha value is -3.19. The van der Waals surface area contributed by atoms with Crippen LogP contribution >= 0.6 is 0 Å². The fourth-order valence-electron chi connectivity index (χ4n) is 3.30. The number of aryl methyl sites for hydroxylation is 3. The van der Waals surface area contributed by atoms with Crippen molar-refractivity contribution in [2.24, 2.45) is 0 Å². The number of hydrogen-bond acceptors (Lipinski definition) is 1. The van der Waals surface area contributed by atoms with E-state index >= 15 is 0 Å². The van der Waals surface area contributed by atoms with Gasteiger partial charge >= 0.3 is 0 Å². The van der Waals surface area contributed by atoms with Crippen LogP contribution in [-0.2, 0) is 0 Å². The lowest BCUT2D eigenvalue weighted by Crippen LogP contribution is -1.93. The molecule has 1 heteroatoms. The Morgan fingerprint density at radius 2 is 1.26 bits per heavy atom. The average Bonchev–Trinajstić information content (AvgIpc) is 2.71. The molecule has 0 spiro atoms. The van der Waals surface area contributed by atoms with Gasteiger partial charge < -0.3 is 0 Å². The SMILES string of the molecule is Cc1ccc(-c2ccc(-c3ccc(C)c(C)c3)nc2-c2ccccc2)cc1. The van der Waals surface area contributed by atoms with Crippen molar-refractivity contribution in [2.75, 3.05) is 0 Å². The van der Waals surface area contributed by atoms with Crippen LogP contribution in [0.5, 0.6) is 0 Å². The smallest absolute Gasteiger partial charge is 0.0787 e. The van der Waals surface area contributed by atoms with Crippen molar-refractivity contribution in [3.05, 3.63) is 102 Å². The van der Waals surface area contributed by atoms with E-state index in [4.69, 9.17) is 4.98 Å². The molecule has 4 rings (SSSR count). The molecule has 0 aliphatic carbocycles. The standard InChI is InChI=1S/C26H23N/c1-18-9-12-21(13-10-18)24-15-16-25(23-14-11-19(2)20(3)17-23)27-26(24)22-7-5-4-6-8-22/h4-17H,1-3H3. The third-order valence-electron chi connectivity index (χ3n) is 5.11. The predicted octanol–water partition coefficient (Wildman–Crippen LogP) is 7.01. The van der Waals surface area contributed by atoms with Crippen LogP contribution < -0.4 is 0 Å². The molecule has 1 nitrogen and oxygen atoms in total. The van der Waals surface area contributed by atoms with Crippen LogP contribution in [0.3, 0.4) is 0 Å². The van der Waals surface area contributed by atoms with Gasteiger partial charge in [-0.3, -0.25) is 0 Å². The Balaban J connectivity index is 1.90. The number of aromatic nitrogens is 1. The summed E-state index contributed by atoms with van der Waals surface area (Å²) >= 11 is 0. The van der Waals surface area contributed by atoms with Gasteiger partial charge in [0, 0.05) is 16.7 Å². The highest BCUT2D eigenvalue weighted by molar-refractivity contribution is 5.83. The minimum absolute atomic E-state index is 1.01. The second kappa shape index (κ2) is 7.20. The molecule has 3 aromatic carbocycles. The van der Waals surface area contributed by atoms with Gasteiger partial charge in [0.25, 0.3) is 0 Å². The molecular formula is C26H23N. The van der Waals surface area contributed by atoms with Gasteiger partial charge in [-0.15, -0.1) is 0 Å². The molecule has 0 aliphatic heterocycles. The summed E-state index contributed by atoms with van der Waals surface area (Å²) in [6.45, 7) is 6.41. The van der Waals surface area contributed by atoms with Crippen LogP contribution in [0.4, 0.5) is 0 Å². The van der Waals surface area contributed by atoms with E-state index in [2.05, 4.69) is 99.6 Å². The summed E-state index contributed by atoms with van der Waals surface area (Å²) in [4.78, 5) is 5.08. The Morgan fingerprint density at radius 1 is 0.556 bits per heavy atom. The molecule has 0 atom stereocenters. The second-order valence-electron chi connectivity index (χ2n) is 7.12. The van der Waals surface area contributed by atoms with Crippen LogP contribution in [0.25, 0.3) is 33.6 Å². The summed E-state index contributed by atoms with van der Waals surface area (Å²) in [5, 5.41) is 0. The van der Waals surface area contributed by atoms with Crippen molar-refractivity contribution in [3.63, 3.8) is 0 Å². The molecule has 0 radical (unpaired) electrons. The highest BCUT2D eigenvalue weighted by Crippen LogP contribution is 2.33. The summed E-state index contributed by atoms with van der Waals surface area (Å²) in [7, 11) is 0. The first-order chi connectivity index (χ1) is 13.1. The van der Waals surface area contributed by atoms with Crippen molar-refractivity contribution in [3.8, 4) is 33.6 Å². The largest absolute Gasteiger partial charge is 0.247 e. The highest BCUT2D eigenvalue weighted by Gasteiger charge is 2.12. The predicted molar refractivity (Wildman–Crippen MR) is 115 cm³/mol. The first-order valence-corrected chi connectivity index (χ1v) is 9.33. The van der Waals surface area contributed by atoms with Crippen LogP contribution in [0.15, 0.2) is 84.9 Å². The van der Waals surface area contributed by atoms with Crippen molar-refractivity contribution in [1.29, 1.82) is 0 Å². The number of benzene rings is 3. The van der Waals surface area contributed by atoms with E-state index in [0.717, 1.165) is 28.1 Å². The molecule has 0 N–H and O–H groups in total. The molecule has 0 fully saturated rings. The van der Waals surface area contributed by atoms with Gasteiger partial charge in [0.2, 0.25) is 0 Å². The second-order valence-corrected chi connectivity index (χ2v) is 7.12. The van der Waals surface area contributed by atoms with E-state index in [1.54, 1.807) is 0 Å². The lowest BCUT2D eigenvalue weighted by molar-refractivity contribution is 1.29. The molecule has 1 heterocycles. The van der Waals surface area contributed by atoms with Gasteiger partial charge in [-0.25, -0.2) is 4.98 Å². The van der Waals surface area contributed by atoms with Crippen molar-refractivity contribution in [2.45, 2.75) is 20.8 Å². The van der Waals surface area contributed by atoms with Crippen molar-refractivity contribution >= 4 is 0 Å². The van der Waals surface area contributed by atoms with Gasteiger partial charge in [0.05, 0.1) is 11.4 Å². The Morgan fingerprint density at radius 3 is 1.96 bits per heavy atom. The monoisotopic (exact) mass is 349 g/mol. The van der Waals surface area contributed by atoms with Crippen molar-refractivity contribution in [1.82, 2.24) is 4.98 Å². The summed E-state index contributed by atoms with van der Waals surface area (Å²) in [5.74, 6) is 0. The molecule has 4 aromatic rings. The van der Waals surface area contributed by atoms with E-state index in [9.17, 15) is 0 Å². The Bertz CT molecular complexity index is 1080. The topological polar surface area (TPSA) is 12.9 Å². The normalized spacial score (nSPS) is 10.8. The Labute approximate surface area is 161 Å². The number of hydrogen-bond donors (Lipinski definition) is 0. The maximum Gasteiger partial charge on any atom is 0.0787 e. The lowest BCUT2D eigenvalue weighted by Gasteiger charge is -2.13. The van der Waals surface area contributed by atoms with Gasteiger partial charge in [0.1, 0.15) is 0 Å². The van der Waals surface area contributed by atoms with Crippen LogP contribution in [0.2, 0.25) is 0 Å². The third-order valence-corrected chi connectivity index (χ3v) is 5.11. The maximum atomic E-state index is 5.08. The van der Waals surface area contributed by atoms with Crippen LogP contribution in [-0.4, -0.2) is 4.98 Å². The van der Waals surface area contributed by atoms with Gasteiger partial charge in [-0.05, 0) is 49.6 Å². The minimum Gasteiger partial charge on any atom is -0.247 e. The molecule has 0 saturated heterocycles. The number of nitrogens with zero attached hydrogens (tertiary/aromatic N) is 1. The molecule has 27 heavy (non-hydrogen) atoms. The number of pyridine rings is 1. The van der Waals surface area contributed by atoms with E-state index in [1.165, 1.54) is 22.3 Å². The zero-order chi connectivity index (χ0) is 18.8. The molecule has 0 saturated carbocycles. The summed E-state index contributed by atoms with van der Waals surface area (Å²) in [6, 6.07) is 30.0. The zero-order valence-electron chi connectivity index (χ0n) is 16.0. The van der Waals surface area contributed by atoms with Crippen LogP contribution in [0.1, 0.15) is 16.7 Å². The molecular weight excluding hydrogens is 326 g/mol. The minimum atomic E-state index is 1.01. The van der Waals surface area contributed by atoms with Gasteiger partial charge in [-0.1, -0.05) is 78.4 Å². The Kier molecular flexibility index (Phi) is 4.60. The van der Waals surface area contributed by atoms with Crippen LogP contribution in [0, 0.1) is 20.8 Å². The fraction of sp³-hybridized carbons (Fsp3) is 0.115. The number of rotatable bonds is 3. The molecule has 1 aromatic heterocycles. The summed E-state index contributed by atoms with van der Waals surface area (Å²) in [5.41, 5.74) is 10.5. The van der Waals surface area contributed by atoms with E-state index in [1.807, 2.05) is 6.07 Å².